The number of ketones is 2. The molecule has 0 saturated heterocycles. The van der Waals surface area contributed by atoms with Crippen LogP contribution in [0.2, 0.25) is 0 Å². The standard InChI is InChI=1S/C10H14O2/c11-8-4-5-9(12)10(8)6-2-1-3-7-10/h1-7H2. The van der Waals surface area contributed by atoms with Crippen molar-refractivity contribution < 1.29 is 9.59 Å². The van der Waals surface area contributed by atoms with Crippen molar-refractivity contribution in [2.75, 3.05) is 0 Å². The molecule has 12 heavy (non-hydrogen) atoms. The van der Waals surface area contributed by atoms with Gasteiger partial charge in [0, 0.05) is 12.8 Å². The van der Waals surface area contributed by atoms with E-state index in [2.05, 4.69) is 0 Å². The Morgan fingerprint density at radius 1 is 0.833 bits per heavy atom. The van der Waals surface area contributed by atoms with Gasteiger partial charge in [0.2, 0.25) is 0 Å². The first-order chi connectivity index (χ1) is 5.76. The topological polar surface area (TPSA) is 34.1 Å². The second-order valence-corrected chi connectivity index (χ2v) is 3.99. The van der Waals surface area contributed by atoms with Crippen LogP contribution < -0.4 is 0 Å². The molecule has 0 atom stereocenters. The van der Waals surface area contributed by atoms with Crippen LogP contribution in [0.4, 0.5) is 0 Å². The maximum Gasteiger partial charge on any atom is 0.146 e. The van der Waals surface area contributed by atoms with Gasteiger partial charge < -0.3 is 0 Å². The Bertz CT molecular complexity index is 206. The van der Waals surface area contributed by atoms with Crippen LogP contribution >= 0.6 is 0 Å². The summed E-state index contributed by atoms with van der Waals surface area (Å²) >= 11 is 0. The monoisotopic (exact) mass is 166 g/mol. The molecule has 0 aromatic rings. The summed E-state index contributed by atoms with van der Waals surface area (Å²) in [4.78, 5) is 23.1. The van der Waals surface area contributed by atoms with Gasteiger partial charge in [-0.05, 0) is 12.8 Å². The average Bonchev–Trinajstić information content (AvgIpc) is 2.36. The predicted octanol–water partition coefficient (Wildman–Crippen LogP) is 1.87. The molecule has 2 nitrogen and oxygen atoms in total. The van der Waals surface area contributed by atoms with E-state index in [9.17, 15) is 9.59 Å². The van der Waals surface area contributed by atoms with Gasteiger partial charge in [-0.1, -0.05) is 19.3 Å². The summed E-state index contributed by atoms with van der Waals surface area (Å²) in [6.45, 7) is 0. The van der Waals surface area contributed by atoms with Crippen molar-refractivity contribution >= 4 is 11.6 Å². The molecule has 0 bridgehead atoms. The van der Waals surface area contributed by atoms with Crippen molar-refractivity contribution in [2.24, 2.45) is 5.41 Å². The minimum Gasteiger partial charge on any atom is -0.299 e. The summed E-state index contributed by atoms with van der Waals surface area (Å²) in [6, 6.07) is 0. The zero-order valence-electron chi connectivity index (χ0n) is 7.27. The van der Waals surface area contributed by atoms with Crippen LogP contribution in [0.3, 0.4) is 0 Å². The first-order valence-electron chi connectivity index (χ1n) is 4.82. The lowest BCUT2D eigenvalue weighted by Crippen LogP contribution is -2.34. The van der Waals surface area contributed by atoms with Gasteiger partial charge in [-0.25, -0.2) is 0 Å². The molecular weight excluding hydrogens is 152 g/mol. The minimum absolute atomic E-state index is 0.229. The zero-order valence-corrected chi connectivity index (χ0v) is 7.27. The molecule has 0 aliphatic heterocycles. The van der Waals surface area contributed by atoms with E-state index < -0.39 is 5.41 Å². The molecule has 2 fully saturated rings. The number of hydrogen-bond acceptors (Lipinski definition) is 2. The van der Waals surface area contributed by atoms with Crippen LogP contribution in [0, 0.1) is 5.41 Å². The first-order valence-corrected chi connectivity index (χ1v) is 4.82. The van der Waals surface area contributed by atoms with Crippen LogP contribution in [-0.4, -0.2) is 11.6 Å². The van der Waals surface area contributed by atoms with Crippen molar-refractivity contribution in [3.63, 3.8) is 0 Å². The van der Waals surface area contributed by atoms with E-state index in [4.69, 9.17) is 0 Å². The molecule has 2 saturated carbocycles. The third-order valence-electron chi connectivity index (χ3n) is 3.35. The van der Waals surface area contributed by atoms with Crippen LogP contribution in [0.5, 0.6) is 0 Å². The molecule has 0 amide bonds. The Balaban J connectivity index is 2.26. The van der Waals surface area contributed by atoms with E-state index in [0.717, 1.165) is 25.7 Å². The third-order valence-corrected chi connectivity index (χ3v) is 3.35. The lowest BCUT2D eigenvalue weighted by Gasteiger charge is -2.29. The van der Waals surface area contributed by atoms with E-state index in [1.54, 1.807) is 0 Å². The number of carbonyl (C=O) groups excluding carboxylic acids is 2. The smallest absolute Gasteiger partial charge is 0.146 e. The summed E-state index contributed by atoms with van der Waals surface area (Å²) < 4.78 is 0. The average molecular weight is 166 g/mol. The number of rotatable bonds is 0. The van der Waals surface area contributed by atoms with Gasteiger partial charge in [-0.2, -0.15) is 0 Å². The van der Waals surface area contributed by atoms with Gasteiger partial charge in [0.15, 0.2) is 0 Å². The molecule has 0 aromatic heterocycles. The quantitative estimate of drug-likeness (QED) is 0.515. The number of Topliss-reactive ketones (excluding diaryl/α,β-unsaturated/α-hetero) is 2. The second-order valence-electron chi connectivity index (χ2n) is 3.99. The fraction of sp³-hybridized carbons (Fsp3) is 0.800. The van der Waals surface area contributed by atoms with E-state index in [1.165, 1.54) is 6.42 Å². The Labute approximate surface area is 72.3 Å². The van der Waals surface area contributed by atoms with E-state index in [1.807, 2.05) is 0 Å². The molecule has 0 aromatic carbocycles. The summed E-state index contributed by atoms with van der Waals surface area (Å²) in [5.41, 5.74) is -0.488. The highest BCUT2D eigenvalue weighted by atomic mass is 16.2. The highest BCUT2D eigenvalue weighted by molar-refractivity contribution is 6.12. The summed E-state index contributed by atoms with van der Waals surface area (Å²) in [7, 11) is 0. The Morgan fingerprint density at radius 3 is 1.83 bits per heavy atom. The zero-order chi connectivity index (χ0) is 8.60. The van der Waals surface area contributed by atoms with Gasteiger partial charge in [-0.3, -0.25) is 9.59 Å². The maximum absolute atomic E-state index is 11.5. The van der Waals surface area contributed by atoms with Crippen molar-refractivity contribution in [3.05, 3.63) is 0 Å². The fourth-order valence-corrected chi connectivity index (χ4v) is 2.57. The van der Waals surface area contributed by atoms with Crippen molar-refractivity contribution in [1.29, 1.82) is 0 Å². The summed E-state index contributed by atoms with van der Waals surface area (Å²) in [6.07, 6.45) is 6.03. The van der Waals surface area contributed by atoms with Crippen LogP contribution in [0.15, 0.2) is 0 Å². The Kier molecular flexibility index (Phi) is 1.78. The predicted molar refractivity (Wildman–Crippen MR) is 44.8 cm³/mol. The lowest BCUT2D eigenvalue weighted by atomic mass is 9.71. The van der Waals surface area contributed by atoms with E-state index >= 15 is 0 Å². The van der Waals surface area contributed by atoms with Crippen molar-refractivity contribution in [1.82, 2.24) is 0 Å². The molecule has 0 heterocycles. The Morgan fingerprint density at radius 2 is 1.33 bits per heavy atom. The third kappa shape index (κ3) is 0.936. The maximum atomic E-state index is 11.5. The SMILES string of the molecule is O=C1CCC(=O)C12CCCCC2. The highest BCUT2D eigenvalue weighted by Gasteiger charge is 2.49. The van der Waals surface area contributed by atoms with Gasteiger partial charge in [-0.15, -0.1) is 0 Å². The summed E-state index contributed by atoms with van der Waals surface area (Å²) in [5, 5.41) is 0. The largest absolute Gasteiger partial charge is 0.299 e. The minimum atomic E-state index is -0.488. The molecule has 1 spiro atoms. The first kappa shape index (κ1) is 7.96. The van der Waals surface area contributed by atoms with Crippen molar-refractivity contribution in [2.45, 2.75) is 44.9 Å². The number of hydrogen-bond donors (Lipinski definition) is 0. The van der Waals surface area contributed by atoms with Gasteiger partial charge in [0.25, 0.3) is 0 Å². The van der Waals surface area contributed by atoms with Gasteiger partial charge >= 0.3 is 0 Å². The molecule has 0 N–H and O–H groups in total. The molecular formula is C10H14O2. The van der Waals surface area contributed by atoms with Crippen molar-refractivity contribution in [3.8, 4) is 0 Å². The molecule has 0 unspecified atom stereocenters. The molecule has 66 valence electrons. The second kappa shape index (κ2) is 2.68. The van der Waals surface area contributed by atoms with E-state index in [-0.39, 0.29) is 11.6 Å². The van der Waals surface area contributed by atoms with Gasteiger partial charge in [0.1, 0.15) is 11.6 Å². The van der Waals surface area contributed by atoms with E-state index in [0.29, 0.717) is 12.8 Å². The van der Waals surface area contributed by atoms with Crippen LogP contribution in [0.25, 0.3) is 0 Å². The normalized spacial score (nSPS) is 28.3. The number of carbonyl (C=O) groups is 2. The lowest BCUT2D eigenvalue weighted by molar-refractivity contribution is -0.136. The highest BCUT2D eigenvalue weighted by Crippen LogP contribution is 2.43. The molecule has 2 aliphatic carbocycles. The molecule has 2 rings (SSSR count). The molecule has 2 heteroatoms. The van der Waals surface area contributed by atoms with Gasteiger partial charge in [0.05, 0.1) is 5.41 Å². The Hall–Kier alpha value is -0.660. The molecule has 0 radical (unpaired) electrons. The van der Waals surface area contributed by atoms with Crippen LogP contribution in [0.1, 0.15) is 44.9 Å². The summed E-state index contributed by atoms with van der Waals surface area (Å²) in [5.74, 6) is 0.458. The fourth-order valence-electron chi connectivity index (χ4n) is 2.57. The van der Waals surface area contributed by atoms with Crippen LogP contribution in [-0.2, 0) is 9.59 Å². The molecule has 2 aliphatic rings.